The molecule has 0 heterocycles. The van der Waals surface area contributed by atoms with Crippen molar-refractivity contribution in [3.05, 3.63) is 29.6 Å². The Hall–Kier alpha value is -1.30. The van der Waals surface area contributed by atoms with Gasteiger partial charge in [-0.05, 0) is 31.2 Å². The molecule has 0 radical (unpaired) electrons. The van der Waals surface area contributed by atoms with Gasteiger partial charge in [-0.3, -0.25) is 0 Å². The van der Waals surface area contributed by atoms with E-state index in [1.54, 1.807) is 11.9 Å². The summed E-state index contributed by atoms with van der Waals surface area (Å²) in [5.41, 5.74) is 4.47. The zero-order valence-corrected chi connectivity index (χ0v) is 9.39. The van der Waals surface area contributed by atoms with Crippen LogP contribution in [-0.4, -0.2) is 20.1 Å². The fraction of sp³-hybridized carbons (Fsp3) is 0.455. The number of rotatable bonds is 4. The Kier molecular flexibility index (Phi) is 4.34. The number of anilines is 1. The second kappa shape index (κ2) is 5.35. The highest BCUT2D eigenvalue weighted by Crippen LogP contribution is 2.31. The average molecular weight is 250 g/mol. The molecule has 17 heavy (non-hydrogen) atoms. The molecule has 0 aliphatic carbocycles. The summed E-state index contributed by atoms with van der Waals surface area (Å²) in [5.74, 6) is -0.876. The molecule has 2 N–H and O–H groups in total. The lowest BCUT2D eigenvalue weighted by molar-refractivity contribution is -0.137. The molecule has 0 saturated heterocycles. The van der Waals surface area contributed by atoms with E-state index in [4.69, 9.17) is 5.73 Å². The quantitative estimate of drug-likeness (QED) is 0.832. The lowest BCUT2D eigenvalue weighted by Crippen LogP contribution is -2.22. The largest absolute Gasteiger partial charge is 0.416 e. The van der Waals surface area contributed by atoms with Gasteiger partial charge in [0.1, 0.15) is 5.82 Å². The lowest BCUT2D eigenvalue weighted by atomic mass is 10.1. The predicted octanol–water partition coefficient (Wildman–Crippen LogP) is 2.63. The van der Waals surface area contributed by atoms with Crippen molar-refractivity contribution in [1.82, 2.24) is 0 Å². The third-order valence-electron chi connectivity index (χ3n) is 2.38. The van der Waals surface area contributed by atoms with Gasteiger partial charge in [0.25, 0.3) is 0 Å². The first-order valence-electron chi connectivity index (χ1n) is 5.14. The Morgan fingerprint density at radius 1 is 1.29 bits per heavy atom. The van der Waals surface area contributed by atoms with Crippen molar-refractivity contribution >= 4 is 5.69 Å². The summed E-state index contributed by atoms with van der Waals surface area (Å²) >= 11 is 0. The van der Waals surface area contributed by atoms with Gasteiger partial charge in [0.2, 0.25) is 0 Å². The zero-order chi connectivity index (χ0) is 13.1. The summed E-state index contributed by atoms with van der Waals surface area (Å²) in [6, 6.07) is 2.51. The topological polar surface area (TPSA) is 29.3 Å². The molecule has 0 aliphatic rings. The molecule has 0 bridgehead atoms. The van der Waals surface area contributed by atoms with Crippen LogP contribution >= 0.6 is 0 Å². The van der Waals surface area contributed by atoms with Crippen LogP contribution in [0.4, 0.5) is 23.2 Å². The van der Waals surface area contributed by atoms with Crippen LogP contribution in [0.5, 0.6) is 0 Å². The van der Waals surface area contributed by atoms with E-state index in [1.165, 1.54) is 0 Å². The van der Waals surface area contributed by atoms with Crippen LogP contribution in [-0.2, 0) is 6.18 Å². The third kappa shape index (κ3) is 3.59. The number of hydrogen-bond donors (Lipinski definition) is 1. The van der Waals surface area contributed by atoms with E-state index in [2.05, 4.69) is 0 Å². The van der Waals surface area contributed by atoms with Crippen LogP contribution in [0.3, 0.4) is 0 Å². The number of hydrogen-bond acceptors (Lipinski definition) is 2. The molecule has 0 unspecified atom stereocenters. The number of nitrogens with zero attached hydrogens (tertiary/aromatic N) is 1. The van der Waals surface area contributed by atoms with E-state index in [0.717, 1.165) is 12.1 Å². The SMILES string of the molecule is CN(CCCN)c1ccc(C(F)(F)F)cc1F. The van der Waals surface area contributed by atoms with Gasteiger partial charge >= 0.3 is 6.18 Å². The molecule has 0 fully saturated rings. The van der Waals surface area contributed by atoms with Gasteiger partial charge in [-0.25, -0.2) is 4.39 Å². The molecule has 1 aromatic carbocycles. The van der Waals surface area contributed by atoms with Crippen LogP contribution in [0.25, 0.3) is 0 Å². The Morgan fingerprint density at radius 2 is 1.94 bits per heavy atom. The Bertz CT molecular complexity index is 376. The van der Waals surface area contributed by atoms with E-state index < -0.39 is 17.6 Å². The first-order chi connectivity index (χ1) is 7.86. The van der Waals surface area contributed by atoms with Crippen molar-refractivity contribution in [2.24, 2.45) is 5.73 Å². The summed E-state index contributed by atoms with van der Waals surface area (Å²) in [5, 5.41) is 0. The Labute approximate surface area is 97.0 Å². The number of benzene rings is 1. The molecular weight excluding hydrogens is 236 g/mol. The zero-order valence-electron chi connectivity index (χ0n) is 9.39. The van der Waals surface area contributed by atoms with E-state index in [0.29, 0.717) is 25.6 Å². The fourth-order valence-electron chi connectivity index (χ4n) is 1.44. The summed E-state index contributed by atoms with van der Waals surface area (Å²) in [6.07, 6.45) is -3.87. The molecular formula is C11H14F4N2. The smallest absolute Gasteiger partial charge is 0.372 e. The van der Waals surface area contributed by atoms with Crippen molar-refractivity contribution in [2.75, 3.05) is 25.0 Å². The predicted molar refractivity (Wildman–Crippen MR) is 58.3 cm³/mol. The van der Waals surface area contributed by atoms with E-state index in [1.807, 2.05) is 0 Å². The van der Waals surface area contributed by atoms with Crippen molar-refractivity contribution in [3.8, 4) is 0 Å². The monoisotopic (exact) mass is 250 g/mol. The van der Waals surface area contributed by atoms with Crippen LogP contribution in [0, 0.1) is 5.82 Å². The molecule has 0 saturated carbocycles. The molecule has 96 valence electrons. The standard InChI is InChI=1S/C11H14F4N2/c1-17(6-2-5-16)10-4-3-8(7-9(10)12)11(13,14)15/h3-4,7H,2,5-6,16H2,1H3. The maximum absolute atomic E-state index is 13.5. The van der Waals surface area contributed by atoms with Gasteiger partial charge < -0.3 is 10.6 Å². The van der Waals surface area contributed by atoms with E-state index in [9.17, 15) is 17.6 Å². The molecule has 0 atom stereocenters. The van der Waals surface area contributed by atoms with Gasteiger partial charge in [-0.2, -0.15) is 13.2 Å². The summed E-state index contributed by atoms with van der Waals surface area (Å²) in [6.45, 7) is 0.950. The molecule has 0 aromatic heterocycles. The van der Waals surface area contributed by atoms with Crippen LogP contribution < -0.4 is 10.6 Å². The van der Waals surface area contributed by atoms with Crippen LogP contribution in [0.2, 0.25) is 0 Å². The summed E-state index contributed by atoms with van der Waals surface area (Å²) in [7, 11) is 1.61. The maximum atomic E-state index is 13.5. The maximum Gasteiger partial charge on any atom is 0.416 e. The minimum Gasteiger partial charge on any atom is -0.372 e. The average Bonchev–Trinajstić information content (AvgIpc) is 2.24. The van der Waals surface area contributed by atoms with Crippen LogP contribution in [0.15, 0.2) is 18.2 Å². The molecule has 0 amide bonds. The highest BCUT2D eigenvalue weighted by molar-refractivity contribution is 5.48. The van der Waals surface area contributed by atoms with Crippen LogP contribution in [0.1, 0.15) is 12.0 Å². The highest BCUT2D eigenvalue weighted by atomic mass is 19.4. The normalized spacial score (nSPS) is 11.6. The summed E-state index contributed by atoms with van der Waals surface area (Å²) in [4.78, 5) is 1.54. The van der Waals surface area contributed by atoms with Crippen molar-refractivity contribution in [2.45, 2.75) is 12.6 Å². The molecule has 1 rings (SSSR count). The molecule has 0 aliphatic heterocycles. The number of halogens is 4. The summed E-state index contributed by atoms with van der Waals surface area (Å²) < 4.78 is 50.4. The van der Waals surface area contributed by atoms with Gasteiger partial charge in [-0.15, -0.1) is 0 Å². The van der Waals surface area contributed by atoms with Gasteiger partial charge in [0, 0.05) is 13.6 Å². The van der Waals surface area contributed by atoms with Crippen molar-refractivity contribution in [1.29, 1.82) is 0 Å². The highest BCUT2D eigenvalue weighted by Gasteiger charge is 2.31. The second-order valence-electron chi connectivity index (χ2n) is 3.73. The molecule has 1 aromatic rings. The minimum atomic E-state index is -4.52. The number of alkyl halides is 3. The second-order valence-corrected chi connectivity index (χ2v) is 3.73. The van der Waals surface area contributed by atoms with Gasteiger partial charge in [0.15, 0.2) is 0 Å². The van der Waals surface area contributed by atoms with E-state index in [-0.39, 0.29) is 5.69 Å². The molecule has 6 heteroatoms. The van der Waals surface area contributed by atoms with E-state index >= 15 is 0 Å². The van der Waals surface area contributed by atoms with Crippen molar-refractivity contribution in [3.63, 3.8) is 0 Å². The Morgan fingerprint density at radius 3 is 2.41 bits per heavy atom. The molecule has 2 nitrogen and oxygen atoms in total. The Balaban J connectivity index is 2.90. The first kappa shape index (κ1) is 13.8. The minimum absolute atomic E-state index is 0.145. The number of nitrogens with two attached hydrogens (primary N) is 1. The molecule has 0 spiro atoms. The third-order valence-corrected chi connectivity index (χ3v) is 2.38. The van der Waals surface area contributed by atoms with Crippen molar-refractivity contribution < 1.29 is 17.6 Å². The fourth-order valence-corrected chi connectivity index (χ4v) is 1.44. The van der Waals surface area contributed by atoms with Gasteiger partial charge in [0.05, 0.1) is 11.3 Å². The lowest BCUT2D eigenvalue weighted by Gasteiger charge is -2.20. The first-order valence-corrected chi connectivity index (χ1v) is 5.14. The van der Waals surface area contributed by atoms with Gasteiger partial charge in [-0.1, -0.05) is 0 Å².